The fraction of sp³-hybridized carbons (Fsp3) is 0.192. The summed E-state index contributed by atoms with van der Waals surface area (Å²) in [6.45, 7) is 2.51. The van der Waals surface area contributed by atoms with E-state index in [4.69, 9.17) is 25.8 Å². The number of ether oxygens (including phenoxy) is 3. The van der Waals surface area contributed by atoms with Crippen LogP contribution in [0, 0.1) is 10.1 Å². The molecule has 0 saturated carbocycles. The van der Waals surface area contributed by atoms with Crippen molar-refractivity contribution in [2.24, 2.45) is 0 Å². The second-order valence-corrected chi connectivity index (χ2v) is 9.40. The number of hydrogen-bond donors (Lipinski definition) is 2. The standard InChI is InChI=1S/C26H24ClN3O6S/c1-3-35-23-12-17(6-10-22(23)36-15-16-4-8-19(9-5-16)30(32)33)13-24-25(31)29-26(37-24)28-20-14-18(27)7-11-21(20)34-2/h4-14,26,28H,3,15H2,1-2H3,(H,29,31)/b24-13-. The van der Waals surface area contributed by atoms with Crippen LogP contribution in [0.2, 0.25) is 5.02 Å². The van der Waals surface area contributed by atoms with Crippen LogP contribution >= 0.6 is 23.4 Å². The Balaban J connectivity index is 1.46. The molecule has 1 unspecified atom stereocenters. The lowest BCUT2D eigenvalue weighted by Gasteiger charge is -2.15. The van der Waals surface area contributed by atoms with Gasteiger partial charge in [-0.05, 0) is 66.6 Å². The SMILES string of the molecule is CCOc1cc(/C=C2\SC(Nc3cc(Cl)ccc3OC)NC2=O)ccc1OCc1ccc([N+](=O)[O-])cc1. The summed E-state index contributed by atoms with van der Waals surface area (Å²) in [7, 11) is 1.56. The maximum absolute atomic E-state index is 12.6. The number of methoxy groups -OCH3 is 1. The molecular weight excluding hydrogens is 518 g/mol. The van der Waals surface area contributed by atoms with Gasteiger partial charge in [-0.2, -0.15) is 0 Å². The van der Waals surface area contributed by atoms with Crippen LogP contribution in [0.25, 0.3) is 6.08 Å². The van der Waals surface area contributed by atoms with E-state index in [2.05, 4.69) is 10.6 Å². The number of nitro groups is 1. The van der Waals surface area contributed by atoms with Crippen molar-refractivity contribution >= 4 is 46.7 Å². The molecule has 0 spiro atoms. The van der Waals surface area contributed by atoms with Gasteiger partial charge in [0, 0.05) is 17.2 Å². The first-order valence-corrected chi connectivity index (χ1v) is 12.5. The zero-order valence-corrected chi connectivity index (χ0v) is 21.6. The number of nitrogens with one attached hydrogen (secondary N) is 2. The van der Waals surface area contributed by atoms with E-state index in [0.29, 0.717) is 39.5 Å². The molecule has 3 aromatic rings. The Morgan fingerprint density at radius 2 is 1.84 bits per heavy atom. The first-order chi connectivity index (χ1) is 17.9. The molecular formula is C26H24ClN3O6S. The van der Waals surface area contributed by atoms with Crippen molar-refractivity contribution in [1.82, 2.24) is 5.32 Å². The number of nitro benzene ring substituents is 1. The van der Waals surface area contributed by atoms with Crippen LogP contribution in [0.1, 0.15) is 18.1 Å². The molecule has 1 amide bonds. The van der Waals surface area contributed by atoms with Gasteiger partial charge in [0.25, 0.3) is 11.6 Å². The molecule has 1 atom stereocenters. The van der Waals surface area contributed by atoms with E-state index in [-0.39, 0.29) is 18.2 Å². The van der Waals surface area contributed by atoms with E-state index >= 15 is 0 Å². The lowest BCUT2D eigenvalue weighted by atomic mass is 10.1. The van der Waals surface area contributed by atoms with Crippen molar-refractivity contribution in [3.05, 3.63) is 91.8 Å². The van der Waals surface area contributed by atoms with Crippen LogP contribution in [0.15, 0.2) is 65.6 Å². The largest absolute Gasteiger partial charge is 0.495 e. The highest BCUT2D eigenvalue weighted by atomic mass is 35.5. The Morgan fingerprint density at radius 3 is 2.54 bits per heavy atom. The van der Waals surface area contributed by atoms with Gasteiger partial charge in [-0.15, -0.1) is 0 Å². The highest BCUT2D eigenvalue weighted by Crippen LogP contribution is 2.36. The van der Waals surface area contributed by atoms with Gasteiger partial charge in [0.05, 0.1) is 29.2 Å². The number of rotatable bonds is 10. The zero-order valence-electron chi connectivity index (χ0n) is 20.0. The predicted molar refractivity (Wildman–Crippen MR) is 144 cm³/mol. The highest BCUT2D eigenvalue weighted by Gasteiger charge is 2.28. The minimum absolute atomic E-state index is 0.0223. The van der Waals surface area contributed by atoms with Gasteiger partial charge in [-0.25, -0.2) is 0 Å². The Morgan fingerprint density at radius 1 is 1.08 bits per heavy atom. The van der Waals surface area contributed by atoms with Gasteiger partial charge in [-0.3, -0.25) is 14.9 Å². The van der Waals surface area contributed by atoms with E-state index < -0.39 is 10.4 Å². The smallest absolute Gasteiger partial charge is 0.269 e. The third-order valence-electron chi connectivity index (χ3n) is 5.29. The van der Waals surface area contributed by atoms with Crippen LogP contribution in [0.5, 0.6) is 17.2 Å². The summed E-state index contributed by atoms with van der Waals surface area (Å²) in [5.74, 6) is 1.46. The number of carbonyl (C=O) groups is 1. The van der Waals surface area contributed by atoms with Crippen LogP contribution in [0.4, 0.5) is 11.4 Å². The molecule has 0 bridgehead atoms. The van der Waals surface area contributed by atoms with Gasteiger partial charge < -0.3 is 24.8 Å². The Hall–Kier alpha value is -3.89. The lowest BCUT2D eigenvalue weighted by Crippen LogP contribution is -2.31. The van der Waals surface area contributed by atoms with Gasteiger partial charge in [0.1, 0.15) is 12.4 Å². The molecule has 0 aromatic heterocycles. The number of benzene rings is 3. The summed E-state index contributed by atoms with van der Waals surface area (Å²) >= 11 is 7.44. The molecule has 0 radical (unpaired) electrons. The van der Waals surface area contributed by atoms with E-state index in [0.717, 1.165) is 11.1 Å². The van der Waals surface area contributed by atoms with Crippen molar-refractivity contribution in [3.8, 4) is 17.2 Å². The van der Waals surface area contributed by atoms with Crippen LogP contribution < -0.4 is 24.8 Å². The monoisotopic (exact) mass is 541 g/mol. The van der Waals surface area contributed by atoms with Gasteiger partial charge in [0.15, 0.2) is 17.0 Å². The molecule has 1 saturated heterocycles. The molecule has 0 aliphatic carbocycles. The number of hydrogen-bond acceptors (Lipinski definition) is 8. The summed E-state index contributed by atoms with van der Waals surface area (Å²) < 4.78 is 17.0. The van der Waals surface area contributed by atoms with Crippen LogP contribution in [0.3, 0.4) is 0 Å². The second-order valence-electron chi connectivity index (χ2n) is 7.82. The molecule has 4 rings (SSSR count). The number of carbonyl (C=O) groups excluding carboxylic acids is 1. The highest BCUT2D eigenvalue weighted by molar-refractivity contribution is 8.05. The molecule has 192 valence electrons. The Bertz CT molecular complexity index is 1330. The first-order valence-electron chi connectivity index (χ1n) is 11.3. The van der Waals surface area contributed by atoms with Crippen molar-refractivity contribution in [3.63, 3.8) is 0 Å². The molecule has 1 fully saturated rings. The van der Waals surface area contributed by atoms with Crippen LogP contribution in [-0.4, -0.2) is 30.0 Å². The second kappa shape index (κ2) is 11.9. The molecule has 37 heavy (non-hydrogen) atoms. The molecule has 9 nitrogen and oxygen atoms in total. The fourth-order valence-corrected chi connectivity index (χ4v) is 4.68. The van der Waals surface area contributed by atoms with Crippen molar-refractivity contribution in [2.45, 2.75) is 19.0 Å². The number of non-ortho nitro benzene ring substituents is 1. The molecule has 1 aliphatic heterocycles. The van der Waals surface area contributed by atoms with Crippen molar-refractivity contribution < 1.29 is 23.9 Å². The number of amides is 1. The maximum atomic E-state index is 12.6. The maximum Gasteiger partial charge on any atom is 0.269 e. The van der Waals surface area contributed by atoms with Crippen LogP contribution in [-0.2, 0) is 11.4 Å². The van der Waals surface area contributed by atoms with E-state index in [1.807, 2.05) is 13.0 Å². The van der Waals surface area contributed by atoms with Crippen molar-refractivity contribution in [1.29, 1.82) is 0 Å². The number of anilines is 1. The molecule has 1 heterocycles. The Labute approximate surface area is 222 Å². The Kier molecular flexibility index (Phi) is 8.42. The summed E-state index contributed by atoms with van der Waals surface area (Å²) in [6.07, 6.45) is 1.78. The summed E-state index contributed by atoms with van der Waals surface area (Å²) in [6, 6.07) is 16.8. The third-order valence-corrected chi connectivity index (χ3v) is 6.55. The van der Waals surface area contributed by atoms with Gasteiger partial charge >= 0.3 is 0 Å². The minimum Gasteiger partial charge on any atom is -0.495 e. The molecule has 1 aliphatic rings. The molecule has 2 N–H and O–H groups in total. The quantitative estimate of drug-likeness (QED) is 0.187. The molecule has 11 heteroatoms. The molecule has 3 aromatic carbocycles. The van der Waals surface area contributed by atoms with Crippen molar-refractivity contribution in [2.75, 3.05) is 19.0 Å². The predicted octanol–water partition coefficient (Wildman–Crippen LogP) is 5.83. The summed E-state index contributed by atoms with van der Waals surface area (Å²) in [4.78, 5) is 23.5. The normalized spacial score (nSPS) is 15.8. The van der Waals surface area contributed by atoms with E-state index in [1.54, 1.807) is 55.7 Å². The minimum atomic E-state index is -0.444. The van der Waals surface area contributed by atoms with E-state index in [9.17, 15) is 14.9 Å². The number of halogens is 1. The van der Waals surface area contributed by atoms with Gasteiger partial charge in [-0.1, -0.05) is 29.4 Å². The first kappa shape index (κ1) is 26.2. The van der Waals surface area contributed by atoms with E-state index in [1.165, 1.54) is 23.9 Å². The topological polar surface area (TPSA) is 112 Å². The number of thioether (sulfide) groups is 1. The number of nitrogens with zero attached hydrogens (tertiary/aromatic N) is 1. The summed E-state index contributed by atoms with van der Waals surface area (Å²) in [5.41, 5.74) is 1.84. The third kappa shape index (κ3) is 6.66. The van der Waals surface area contributed by atoms with Gasteiger partial charge in [0.2, 0.25) is 0 Å². The lowest BCUT2D eigenvalue weighted by molar-refractivity contribution is -0.384. The fourth-order valence-electron chi connectivity index (χ4n) is 3.53. The average Bonchev–Trinajstić information content (AvgIpc) is 3.22. The zero-order chi connectivity index (χ0) is 26.4. The summed E-state index contributed by atoms with van der Waals surface area (Å²) in [5, 5.41) is 17.5. The average molecular weight is 542 g/mol.